The quantitative estimate of drug-likeness (QED) is 0.563. The molecule has 1 saturated heterocycles. The number of rotatable bonds is 2. The molecule has 2 amide bonds. The topological polar surface area (TPSA) is 76.2 Å². The van der Waals surface area contributed by atoms with E-state index >= 15 is 0 Å². The third-order valence-electron chi connectivity index (χ3n) is 3.89. The number of likely N-dealkylation sites (tertiary alicyclic amines) is 1. The maximum atomic E-state index is 12.8. The third kappa shape index (κ3) is 4.03. The lowest BCUT2D eigenvalue weighted by molar-refractivity contribution is -0.148. The van der Waals surface area contributed by atoms with Crippen molar-refractivity contribution in [3.63, 3.8) is 0 Å². The van der Waals surface area contributed by atoms with Gasteiger partial charge in [-0.1, -0.05) is 12.2 Å². The van der Waals surface area contributed by atoms with E-state index in [-0.39, 0.29) is 18.4 Å². The highest BCUT2D eigenvalue weighted by atomic mass is 16.6. The van der Waals surface area contributed by atoms with E-state index in [1.807, 2.05) is 12.2 Å². The van der Waals surface area contributed by atoms with Gasteiger partial charge in [-0.2, -0.15) is 0 Å². The molecule has 0 aliphatic carbocycles. The van der Waals surface area contributed by atoms with E-state index in [9.17, 15) is 14.4 Å². The minimum Gasteiger partial charge on any atom is -0.468 e. The molecule has 0 radical (unpaired) electrons. The van der Waals surface area contributed by atoms with Crippen LogP contribution in [-0.4, -0.2) is 66.2 Å². The number of esters is 1. The Kier molecular flexibility index (Phi) is 4.97. The Morgan fingerprint density at radius 1 is 1.35 bits per heavy atom. The van der Waals surface area contributed by atoms with Crippen molar-refractivity contribution in [2.75, 3.05) is 26.7 Å². The minimum absolute atomic E-state index is 0.0438. The van der Waals surface area contributed by atoms with Gasteiger partial charge < -0.3 is 14.4 Å². The zero-order valence-electron chi connectivity index (χ0n) is 14.1. The molecular formula is C16H24N2O5. The zero-order valence-corrected chi connectivity index (χ0v) is 14.1. The van der Waals surface area contributed by atoms with Crippen molar-refractivity contribution >= 4 is 18.0 Å². The molecule has 0 spiro atoms. The number of fused-ring (bicyclic) bond motifs is 1. The molecule has 0 aromatic heterocycles. The molecular weight excluding hydrogens is 300 g/mol. The highest BCUT2D eigenvalue weighted by molar-refractivity contribution is 5.90. The second-order valence-electron chi connectivity index (χ2n) is 6.79. The molecule has 0 bridgehead atoms. The zero-order chi connectivity index (χ0) is 17.2. The molecule has 0 unspecified atom stereocenters. The van der Waals surface area contributed by atoms with Gasteiger partial charge in [0, 0.05) is 19.0 Å². The van der Waals surface area contributed by atoms with Gasteiger partial charge in [-0.25, -0.2) is 4.79 Å². The van der Waals surface area contributed by atoms with E-state index in [1.165, 1.54) is 16.9 Å². The molecule has 0 saturated carbocycles. The molecule has 2 heterocycles. The number of hydrogen-bond acceptors (Lipinski definition) is 5. The summed E-state index contributed by atoms with van der Waals surface area (Å²) < 4.78 is 10.0. The van der Waals surface area contributed by atoms with Crippen LogP contribution >= 0.6 is 0 Å². The second kappa shape index (κ2) is 6.60. The van der Waals surface area contributed by atoms with Crippen LogP contribution in [0.5, 0.6) is 0 Å². The first-order valence-electron chi connectivity index (χ1n) is 7.75. The lowest BCUT2D eigenvalue weighted by atomic mass is 10.00. The maximum absolute atomic E-state index is 12.8. The van der Waals surface area contributed by atoms with Gasteiger partial charge in [-0.15, -0.1) is 0 Å². The van der Waals surface area contributed by atoms with E-state index < -0.39 is 23.7 Å². The summed E-state index contributed by atoms with van der Waals surface area (Å²) in [5.41, 5.74) is -0.621. The summed E-state index contributed by atoms with van der Waals surface area (Å²) in [5.74, 6) is -0.765. The normalized spacial score (nSPS) is 24.3. The Bertz CT molecular complexity index is 523. The van der Waals surface area contributed by atoms with Crippen molar-refractivity contribution in [1.82, 2.24) is 9.80 Å². The van der Waals surface area contributed by atoms with Crippen LogP contribution in [-0.2, 0) is 19.1 Å². The Labute approximate surface area is 136 Å². The fraction of sp³-hybridized carbons (Fsp3) is 0.688. The molecule has 0 aromatic rings. The number of carbonyl (C=O) groups is 3. The van der Waals surface area contributed by atoms with Crippen molar-refractivity contribution in [1.29, 1.82) is 0 Å². The number of ether oxygens (including phenoxy) is 2. The van der Waals surface area contributed by atoms with Crippen LogP contribution in [0.4, 0.5) is 4.79 Å². The lowest BCUT2D eigenvalue weighted by Gasteiger charge is -2.31. The van der Waals surface area contributed by atoms with Crippen LogP contribution < -0.4 is 0 Å². The van der Waals surface area contributed by atoms with Crippen LogP contribution in [0.15, 0.2) is 12.2 Å². The average molecular weight is 324 g/mol. The summed E-state index contributed by atoms with van der Waals surface area (Å²) in [4.78, 5) is 39.5. The molecule has 2 aliphatic heterocycles. The van der Waals surface area contributed by atoms with E-state index in [2.05, 4.69) is 4.74 Å². The van der Waals surface area contributed by atoms with Gasteiger partial charge in [0.05, 0.1) is 7.11 Å². The fourth-order valence-electron chi connectivity index (χ4n) is 2.86. The fourth-order valence-corrected chi connectivity index (χ4v) is 2.86. The highest BCUT2D eigenvalue weighted by Gasteiger charge is 2.45. The smallest absolute Gasteiger partial charge is 0.410 e. The third-order valence-corrected chi connectivity index (χ3v) is 3.89. The van der Waals surface area contributed by atoms with Crippen molar-refractivity contribution in [3.05, 3.63) is 12.2 Å². The first-order valence-corrected chi connectivity index (χ1v) is 7.75. The monoisotopic (exact) mass is 324 g/mol. The lowest BCUT2D eigenvalue weighted by Crippen LogP contribution is -2.51. The molecule has 7 nitrogen and oxygen atoms in total. The summed E-state index contributed by atoms with van der Waals surface area (Å²) >= 11 is 0. The van der Waals surface area contributed by atoms with E-state index in [1.54, 1.807) is 20.8 Å². The van der Waals surface area contributed by atoms with Crippen molar-refractivity contribution < 1.29 is 23.9 Å². The predicted octanol–water partition coefficient (Wildman–Crippen LogP) is 1.18. The van der Waals surface area contributed by atoms with Crippen molar-refractivity contribution in [2.45, 2.75) is 38.8 Å². The summed E-state index contributed by atoms with van der Waals surface area (Å²) in [6.07, 6.45) is 4.03. The summed E-state index contributed by atoms with van der Waals surface area (Å²) in [5, 5.41) is 0. The van der Waals surface area contributed by atoms with Crippen LogP contribution in [0.25, 0.3) is 0 Å². The van der Waals surface area contributed by atoms with Crippen LogP contribution in [0.1, 0.15) is 27.2 Å². The second-order valence-corrected chi connectivity index (χ2v) is 6.79. The standard InChI is InChI=1S/C16H24N2O5/c1-16(2,3)23-15(21)18-9-7-11-6-5-8-17(10-12(19)22-4)14(20)13(11)18/h5-6,11,13H,7-10H2,1-4H3/t11-,13-/m0/s1. The van der Waals surface area contributed by atoms with Crippen molar-refractivity contribution in [3.8, 4) is 0 Å². The molecule has 2 aliphatic rings. The number of methoxy groups -OCH3 is 1. The van der Waals surface area contributed by atoms with Crippen molar-refractivity contribution in [2.24, 2.45) is 5.92 Å². The SMILES string of the molecule is COC(=O)CN1CC=C[C@H]2CCN(C(=O)OC(C)(C)C)[C@@H]2C1=O. The van der Waals surface area contributed by atoms with E-state index in [4.69, 9.17) is 4.74 Å². The molecule has 1 fully saturated rings. The molecule has 7 heteroatoms. The average Bonchev–Trinajstić information content (AvgIpc) is 2.81. The number of carbonyl (C=O) groups excluding carboxylic acids is 3. The first kappa shape index (κ1) is 17.3. The number of nitrogens with zero attached hydrogens (tertiary/aromatic N) is 2. The van der Waals surface area contributed by atoms with Gasteiger partial charge in [-0.3, -0.25) is 14.5 Å². The first-order chi connectivity index (χ1) is 10.7. The maximum Gasteiger partial charge on any atom is 0.410 e. The van der Waals surface area contributed by atoms with E-state index in [0.717, 1.165) is 0 Å². The Hall–Kier alpha value is -2.05. The summed E-state index contributed by atoms with van der Waals surface area (Å²) in [6, 6.07) is -0.617. The van der Waals surface area contributed by atoms with E-state index in [0.29, 0.717) is 19.5 Å². The summed E-state index contributed by atoms with van der Waals surface area (Å²) in [7, 11) is 1.28. The molecule has 0 aromatic carbocycles. The Morgan fingerprint density at radius 3 is 2.65 bits per heavy atom. The van der Waals surface area contributed by atoms with Gasteiger partial charge in [0.15, 0.2) is 0 Å². The Morgan fingerprint density at radius 2 is 2.04 bits per heavy atom. The van der Waals surface area contributed by atoms with Crippen LogP contribution in [0, 0.1) is 5.92 Å². The number of hydrogen-bond donors (Lipinski definition) is 0. The predicted molar refractivity (Wildman–Crippen MR) is 82.6 cm³/mol. The largest absolute Gasteiger partial charge is 0.468 e. The van der Waals surface area contributed by atoms with Gasteiger partial charge in [0.2, 0.25) is 5.91 Å². The van der Waals surface area contributed by atoms with Crippen LogP contribution in [0.2, 0.25) is 0 Å². The molecule has 0 N–H and O–H groups in total. The van der Waals surface area contributed by atoms with Gasteiger partial charge in [-0.05, 0) is 27.2 Å². The van der Waals surface area contributed by atoms with Gasteiger partial charge >= 0.3 is 12.1 Å². The van der Waals surface area contributed by atoms with Crippen LogP contribution in [0.3, 0.4) is 0 Å². The molecule has 23 heavy (non-hydrogen) atoms. The minimum atomic E-state index is -0.621. The number of amides is 2. The van der Waals surface area contributed by atoms with Gasteiger partial charge in [0.25, 0.3) is 0 Å². The molecule has 2 atom stereocenters. The highest BCUT2D eigenvalue weighted by Crippen LogP contribution is 2.30. The molecule has 128 valence electrons. The Balaban J connectivity index is 2.17. The summed E-state index contributed by atoms with van der Waals surface area (Å²) in [6.45, 7) is 6.05. The molecule has 2 rings (SSSR count). The van der Waals surface area contributed by atoms with Gasteiger partial charge in [0.1, 0.15) is 18.2 Å².